The molecule has 1 aromatic heterocycles. The largest absolute Gasteiger partial charge is 0.354 e. The minimum Gasteiger partial charge on any atom is -0.354 e. The average molecular weight is 383 g/mol. The molecule has 1 atom stereocenters. The number of carbonyl (C=O) groups excluding carboxylic acids is 1. The number of aryl methyl sites for hydroxylation is 2. The minimum absolute atomic E-state index is 0.00156. The summed E-state index contributed by atoms with van der Waals surface area (Å²) in [6, 6.07) is 17.7. The highest BCUT2D eigenvalue weighted by Gasteiger charge is 2.18. The minimum atomic E-state index is -0.0414. The van der Waals surface area contributed by atoms with E-state index in [1.54, 1.807) is 4.68 Å². The van der Waals surface area contributed by atoms with Gasteiger partial charge in [0.25, 0.3) is 0 Å². The van der Waals surface area contributed by atoms with Crippen LogP contribution in [0, 0.1) is 13.8 Å². The molecule has 0 spiro atoms. The van der Waals surface area contributed by atoms with Gasteiger partial charge < -0.3 is 5.32 Å². The smallest absolute Gasteiger partial charge is 0.221 e. The van der Waals surface area contributed by atoms with Gasteiger partial charge in [-0.15, -0.1) is 0 Å². The second kappa shape index (κ2) is 8.82. The van der Waals surface area contributed by atoms with Gasteiger partial charge in [-0.05, 0) is 37.1 Å². The number of halogens is 1. The van der Waals surface area contributed by atoms with Gasteiger partial charge in [-0.25, -0.2) is 9.67 Å². The lowest BCUT2D eigenvalue weighted by Gasteiger charge is -2.18. The van der Waals surface area contributed by atoms with Crippen LogP contribution in [0.1, 0.15) is 35.1 Å². The van der Waals surface area contributed by atoms with Crippen LogP contribution >= 0.6 is 11.6 Å². The summed E-state index contributed by atoms with van der Waals surface area (Å²) in [5, 5.41) is 7.98. The number of nitrogens with one attached hydrogen (secondary N) is 1. The number of hydrogen-bond donors (Lipinski definition) is 1. The van der Waals surface area contributed by atoms with Crippen molar-refractivity contribution in [2.45, 2.75) is 32.7 Å². The van der Waals surface area contributed by atoms with Crippen molar-refractivity contribution in [3.8, 4) is 0 Å². The summed E-state index contributed by atoms with van der Waals surface area (Å²) < 4.78 is 1.81. The summed E-state index contributed by atoms with van der Waals surface area (Å²) in [4.78, 5) is 16.8. The van der Waals surface area contributed by atoms with Crippen molar-refractivity contribution in [2.24, 2.45) is 0 Å². The molecule has 0 unspecified atom stereocenters. The van der Waals surface area contributed by atoms with Crippen LogP contribution in [0.2, 0.25) is 5.02 Å². The van der Waals surface area contributed by atoms with Crippen molar-refractivity contribution in [2.75, 3.05) is 6.54 Å². The van der Waals surface area contributed by atoms with Crippen molar-refractivity contribution in [3.05, 3.63) is 82.4 Å². The van der Waals surface area contributed by atoms with Crippen LogP contribution in [0.3, 0.4) is 0 Å². The predicted octanol–water partition coefficient (Wildman–Crippen LogP) is 3.89. The Morgan fingerprint density at radius 2 is 1.85 bits per heavy atom. The molecule has 27 heavy (non-hydrogen) atoms. The number of carbonyl (C=O) groups is 1. The predicted molar refractivity (Wildman–Crippen MR) is 107 cm³/mol. The first kappa shape index (κ1) is 19.1. The van der Waals surface area contributed by atoms with Gasteiger partial charge in [0.15, 0.2) is 0 Å². The van der Waals surface area contributed by atoms with E-state index >= 15 is 0 Å². The summed E-state index contributed by atoms with van der Waals surface area (Å²) in [6.45, 7) is 4.88. The molecule has 5 nitrogen and oxygen atoms in total. The lowest BCUT2D eigenvalue weighted by molar-refractivity contribution is -0.121. The standard InChI is InChI=1S/C21H23ClN4O/c1-15-24-16(2)26(25-15)12-11-23-21(27)14-20(17-7-4-3-5-8-17)18-9-6-10-19(22)13-18/h3-10,13,20H,11-12,14H2,1-2H3,(H,23,27)/t20-/m1/s1. The lowest BCUT2D eigenvalue weighted by atomic mass is 9.88. The molecule has 0 radical (unpaired) electrons. The average Bonchev–Trinajstić information content (AvgIpc) is 2.97. The van der Waals surface area contributed by atoms with E-state index in [1.807, 2.05) is 68.4 Å². The molecular weight excluding hydrogens is 360 g/mol. The van der Waals surface area contributed by atoms with Crippen LogP contribution in [-0.4, -0.2) is 27.2 Å². The van der Waals surface area contributed by atoms with E-state index in [4.69, 9.17) is 11.6 Å². The van der Waals surface area contributed by atoms with Gasteiger partial charge in [0.05, 0.1) is 6.54 Å². The fraction of sp³-hybridized carbons (Fsp3) is 0.286. The first-order valence-electron chi connectivity index (χ1n) is 8.98. The SMILES string of the molecule is Cc1nc(C)n(CCNC(=O)C[C@H](c2ccccc2)c2cccc(Cl)c2)n1. The Morgan fingerprint density at radius 1 is 1.11 bits per heavy atom. The summed E-state index contributed by atoms with van der Waals surface area (Å²) >= 11 is 6.16. The molecular formula is C21H23ClN4O. The van der Waals surface area contributed by atoms with Crippen LogP contribution < -0.4 is 5.32 Å². The van der Waals surface area contributed by atoms with Crippen LogP contribution in [-0.2, 0) is 11.3 Å². The zero-order valence-electron chi connectivity index (χ0n) is 15.5. The van der Waals surface area contributed by atoms with E-state index in [0.717, 1.165) is 22.8 Å². The van der Waals surface area contributed by atoms with Crippen LogP contribution in [0.25, 0.3) is 0 Å². The molecule has 1 amide bonds. The molecule has 0 aliphatic carbocycles. The maximum atomic E-state index is 12.6. The van der Waals surface area contributed by atoms with Crippen molar-refractivity contribution in [3.63, 3.8) is 0 Å². The fourth-order valence-corrected chi connectivity index (χ4v) is 3.37. The normalized spacial score (nSPS) is 12.0. The fourth-order valence-electron chi connectivity index (χ4n) is 3.17. The highest BCUT2D eigenvalue weighted by molar-refractivity contribution is 6.30. The monoisotopic (exact) mass is 382 g/mol. The van der Waals surface area contributed by atoms with Crippen LogP contribution in [0.4, 0.5) is 0 Å². The van der Waals surface area contributed by atoms with Gasteiger partial charge in [-0.1, -0.05) is 54.1 Å². The van der Waals surface area contributed by atoms with Gasteiger partial charge in [-0.2, -0.15) is 5.10 Å². The van der Waals surface area contributed by atoms with Gasteiger partial charge >= 0.3 is 0 Å². The number of nitrogens with zero attached hydrogens (tertiary/aromatic N) is 3. The van der Waals surface area contributed by atoms with Gasteiger partial charge in [0.2, 0.25) is 5.91 Å². The van der Waals surface area contributed by atoms with Gasteiger partial charge in [0, 0.05) is 23.9 Å². The maximum Gasteiger partial charge on any atom is 0.221 e. The molecule has 140 valence electrons. The number of rotatable bonds is 7. The Labute approximate surface area is 164 Å². The Balaban J connectivity index is 1.66. The van der Waals surface area contributed by atoms with E-state index < -0.39 is 0 Å². The second-order valence-electron chi connectivity index (χ2n) is 6.50. The van der Waals surface area contributed by atoms with Crippen molar-refractivity contribution >= 4 is 17.5 Å². The quantitative estimate of drug-likeness (QED) is 0.674. The van der Waals surface area contributed by atoms with Gasteiger partial charge in [0.1, 0.15) is 11.6 Å². The number of amides is 1. The number of benzene rings is 2. The molecule has 0 aliphatic heterocycles. The molecule has 0 fully saturated rings. The summed E-state index contributed by atoms with van der Waals surface area (Å²) in [5.41, 5.74) is 2.13. The molecule has 3 aromatic rings. The first-order valence-corrected chi connectivity index (χ1v) is 9.36. The molecule has 6 heteroatoms. The Kier molecular flexibility index (Phi) is 6.24. The highest BCUT2D eigenvalue weighted by Crippen LogP contribution is 2.29. The molecule has 1 heterocycles. The van der Waals surface area contributed by atoms with E-state index in [-0.39, 0.29) is 11.8 Å². The third kappa shape index (κ3) is 5.17. The van der Waals surface area contributed by atoms with Gasteiger partial charge in [-0.3, -0.25) is 4.79 Å². The third-order valence-corrected chi connectivity index (χ3v) is 4.69. The number of aromatic nitrogens is 3. The lowest BCUT2D eigenvalue weighted by Crippen LogP contribution is -2.29. The van der Waals surface area contributed by atoms with E-state index in [1.165, 1.54) is 0 Å². The molecule has 0 saturated carbocycles. The van der Waals surface area contributed by atoms with Crippen molar-refractivity contribution < 1.29 is 4.79 Å². The highest BCUT2D eigenvalue weighted by atomic mass is 35.5. The Bertz CT molecular complexity index is 908. The van der Waals surface area contributed by atoms with Crippen molar-refractivity contribution in [1.82, 2.24) is 20.1 Å². The molecule has 0 aliphatic rings. The topological polar surface area (TPSA) is 59.8 Å². The first-order chi connectivity index (χ1) is 13.0. The zero-order chi connectivity index (χ0) is 19.2. The zero-order valence-corrected chi connectivity index (χ0v) is 16.3. The van der Waals surface area contributed by atoms with Crippen LogP contribution in [0.15, 0.2) is 54.6 Å². The van der Waals surface area contributed by atoms with Crippen molar-refractivity contribution in [1.29, 1.82) is 0 Å². The Morgan fingerprint density at radius 3 is 2.52 bits per heavy atom. The summed E-state index contributed by atoms with van der Waals surface area (Å²) in [5.74, 6) is 1.55. The summed E-state index contributed by atoms with van der Waals surface area (Å²) in [6.07, 6.45) is 0.361. The van der Waals surface area contributed by atoms with E-state index in [9.17, 15) is 4.79 Å². The maximum absolute atomic E-state index is 12.6. The van der Waals surface area contributed by atoms with E-state index in [2.05, 4.69) is 15.4 Å². The van der Waals surface area contributed by atoms with Crippen LogP contribution in [0.5, 0.6) is 0 Å². The van der Waals surface area contributed by atoms with E-state index in [0.29, 0.717) is 24.5 Å². The molecule has 3 rings (SSSR count). The third-order valence-electron chi connectivity index (χ3n) is 4.45. The molecule has 0 saturated heterocycles. The molecule has 2 aromatic carbocycles. The number of hydrogen-bond acceptors (Lipinski definition) is 3. The molecule has 0 bridgehead atoms. The summed E-state index contributed by atoms with van der Waals surface area (Å²) in [7, 11) is 0. The second-order valence-corrected chi connectivity index (χ2v) is 6.94. The molecule has 1 N–H and O–H groups in total. The Hall–Kier alpha value is -2.66.